The number of hydrogen-bond acceptors (Lipinski definition) is 5. The lowest BCUT2D eigenvalue weighted by Gasteiger charge is -2.07. The molecule has 1 aromatic rings. The number of benzene rings is 1. The molecule has 0 saturated heterocycles. The average molecular weight is 270 g/mol. The Hall–Kier alpha value is -1.43. The van der Waals surface area contributed by atoms with Crippen LogP contribution in [0.3, 0.4) is 0 Å². The molecule has 0 fully saturated rings. The third kappa shape index (κ3) is 4.44. The fourth-order valence-electron chi connectivity index (χ4n) is 1.55. The highest BCUT2D eigenvalue weighted by atomic mass is 32.2. The van der Waals surface area contributed by atoms with Crippen molar-refractivity contribution in [2.75, 3.05) is 31.0 Å². The molecule has 6 heteroatoms. The van der Waals surface area contributed by atoms with Crippen LogP contribution in [0.1, 0.15) is 12.8 Å². The molecule has 0 aliphatic heterocycles. The average Bonchev–Trinajstić information content (AvgIpc) is 2.38. The van der Waals surface area contributed by atoms with Gasteiger partial charge in [0.1, 0.15) is 0 Å². The predicted octanol–water partition coefficient (Wildman–Crippen LogP) is 3.16. The second-order valence-corrected chi connectivity index (χ2v) is 4.76. The van der Waals surface area contributed by atoms with Gasteiger partial charge in [-0.25, -0.2) is 0 Å². The number of nitro groups is 1. The van der Waals surface area contributed by atoms with E-state index in [1.165, 1.54) is 13.2 Å². The Morgan fingerprint density at radius 3 is 2.83 bits per heavy atom. The summed E-state index contributed by atoms with van der Waals surface area (Å²) in [6.07, 6.45) is 4.29. The standard InChI is InChI=1S/C12H18N2O3S/c1-17-12-6-5-10(9-11(12)14(15)16)13-7-3-4-8-18-2/h5-6,9,13H,3-4,7-8H2,1-2H3. The van der Waals surface area contributed by atoms with E-state index in [9.17, 15) is 10.1 Å². The van der Waals surface area contributed by atoms with Gasteiger partial charge in [0.2, 0.25) is 0 Å². The number of rotatable bonds is 8. The van der Waals surface area contributed by atoms with E-state index in [1.54, 1.807) is 12.1 Å². The Balaban J connectivity index is 2.56. The topological polar surface area (TPSA) is 64.4 Å². The smallest absolute Gasteiger partial charge is 0.312 e. The van der Waals surface area contributed by atoms with Gasteiger partial charge < -0.3 is 10.1 Å². The summed E-state index contributed by atoms with van der Waals surface area (Å²) >= 11 is 1.83. The van der Waals surface area contributed by atoms with E-state index in [1.807, 2.05) is 11.8 Å². The predicted molar refractivity (Wildman–Crippen MR) is 75.8 cm³/mol. The van der Waals surface area contributed by atoms with E-state index in [4.69, 9.17) is 4.74 Å². The Labute approximate surface area is 111 Å². The first-order valence-electron chi connectivity index (χ1n) is 5.74. The van der Waals surface area contributed by atoms with Gasteiger partial charge in [-0.2, -0.15) is 11.8 Å². The largest absolute Gasteiger partial charge is 0.490 e. The van der Waals surface area contributed by atoms with Crippen LogP contribution in [0.2, 0.25) is 0 Å². The summed E-state index contributed by atoms with van der Waals surface area (Å²) in [6, 6.07) is 4.91. The number of nitrogens with zero attached hydrogens (tertiary/aromatic N) is 1. The summed E-state index contributed by atoms with van der Waals surface area (Å²) in [7, 11) is 1.43. The lowest BCUT2D eigenvalue weighted by molar-refractivity contribution is -0.385. The lowest BCUT2D eigenvalue weighted by atomic mass is 10.2. The van der Waals surface area contributed by atoms with Gasteiger partial charge in [0.05, 0.1) is 12.0 Å². The molecule has 0 atom stereocenters. The number of ether oxygens (including phenoxy) is 1. The number of thioether (sulfide) groups is 1. The summed E-state index contributed by atoms with van der Waals surface area (Å²) in [5.41, 5.74) is 0.748. The summed E-state index contributed by atoms with van der Waals surface area (Å²) < 4.78 is 4.95. The molecule has 0 unspecified atom stereocenters. The number of nitrogens with one attached hydrogen (secondary N) is 1. The summed E-state index contributed by atoms with van der Waals surface area (Å²) in [4.78, 5) is 10.4. The molecule has 0 saturated carbocycles. The minimum absolute atomic E-state index is 0.00777. The highest BCUT2D eigenvalue weighted by Gasteiger charge is 2.14. The van der Waals surface area contributed by atoms with Crippen LogP contribution >= 0.6 is 11.8 Å². The Kier molecular flexibility index (Phi) is 6.35. The molecule has 0 heterocycles. The van der Waals surface area contributed by atoms with Crippen LogP contribution in [0.15, 0.2) is 18.2 Å². The maximum Gasteiger partial charge on any atom is 0.312 e. The van der Waals surface area contributed by atoms with Crippen LogP contribution in [0.25, 0.3) is 0 Å². The fraction of sp³-hybridized carbons (Fsp3) is 0.500. The molecule has 0 aromatic heterocycles. The molecule has 0 aliphatic rings. The van der Waals surface area contributed by atoms with E-state index in [-0.39, 0.29) is 11.4 Å². The van der Waals surface area contributed by atoms with Gasteiger partial charge in [0, 0.05) is 18.3 Å². The van der Waals surface area contributed by atoms with Crippen molar-refractivity contribution in [2.45, 2.75) is 12.8 Å². The van der Waals surface area contributed by atoms with Gasteiger partial charge in [-0.3, -0.25) is 10.1 Å². The quantitative estimate of drug-likeness (QED) is 0.446. The molecule has 0 bridgehead atoms. The maximum atomic E-state index is 10.8. The molecule has 0 amide bonds. The fourth-order valence-corrected chi connectivity index (χ4v) is 2.04. The van der Waals surface area contributed by atoms with Crippen molar-refractivity contribution in [3.05, 3.63) is 28.3 Å². The molecule has 100 valence electrons. The number of methoxy groups -OCH3 is 1. The van der Waals surface area contributed by atoms with E-state index < -0.39 is 4.92 Å². The van der Waals surface area contributed by atoms with Crippen LogP contribution in [0.5, 0.6) is 5.75 Å². The molecular weight excluding hydrogens is 252 g/mol. The monoisotopic (exact) mass is 270 g/mol. The normalized spacial score (nSPS) is 10.1. The molecule has 0 aliphatic carbocycles. The highest BCUT2D eigenvalue weighted by molar-refractivity contribution is 7.98. The molecule has 1 N–H and O–H groups in total. The third-order valence-corrected chi connectivity index (χ3v) is 3.18. The summed E-state index contributed by atoms with van der Waals surface area (Å²) in [6.45, 7) is 0.823. The van der Waals surface area contributed by atoms with Crippen molar-refractivity contribution in [1.82, 2.24) is 0 Å². The van der Waals surface area contributed by atoms with Crippen LogP contribution in [-0.4, -0.2) is 30.6 Å². The summed E-state index contributed by atoms with van der Waals surface area (Å²) in [5.74, 6) is 1.43. The zero-order chi connectivity index (χ0) is 13.4. The molecule has 0 radical (unpaired) electrons. The molecule has 1 aromatic carbocycles. The Morgan fingerprint density at radius 1 is 1.44 bits per heavy atom. The lowest BCUT2D eigenvalue weighted by Crippen LogP contribution is -2.03. The number of anilines is 1. The van der Waals surface area contributed by atoms with Gasteiger partial charge in [-0.1, -0.05) is 0 Å². The van der Waals surface area contributed by atoms with Crippen molar-refractivity contribution in [3.63, 3.8) is 0 Å². The van der Waals surface area contributed by atoms with Crippen LogP contribution in [0.4, 0.5) is 11.4 Å². The minimum atomic E-state index is -0.433. The van der Waals surface area contributed by atoms with E-state index >= 15 is 0 Å². The van der Waals surface area contributed by atoms with Crippen LogP contribution < -0.4 is 10.1 Å². The number of unbranched alkanes of at least 4 members (excludes halogenated alkanes) is 1. The first kappa shape index (κ1) is 14.6. The molecular formula is C12H18N2O3S. The second kappa shape index (κ2) is 7.81. The Bertz CT molecular complexity index is 399. The molecule has 5 nitrogen and oxygen atoms in total. The van der Waals surface area contributed by atoms with Crippen LogP contribution in [-0.2, 0) is 0 Å². The zero-order valence-corrected chi connectivity index (χ0v) is 11.5. The SMILES string of the molecule is COc1ccc(NCCCCSC)cc1[N+](=O)[O-]. The first-order valence-corrected chi connectivity index (χ1v) is 7.13. The molecule has 0 spiro atoms. The van der Waals surface area contributed by atoms with Crippen molar-refractivity contribution in [1.29, 1.82) is 0 Å². The first-order chi connectivity index (χ1) is 8.69. The van der Waals surface area contributed by atoms with Crippen LogP contribution in [0, 0.1) is 10.1 Å². The van der Waals surface area contributed by atoms with E-state index in [0.29, 0.717) is 0 Å². The van der Waals surface area contributed by atoms with Crippen molar-refractivity contribution < 1.29 is 9.66 Å². The minimum Gasteiger partial charge on any atom is -0.490 e. The van der Waals surface area contributed by atoms with Gasteiger partial charge in [-0.05, 0) is 37.0 Å². The number of nitro benzene ring substituents is 1. The second-order valence-electron chi connectivity index (χ2n) is 3.77. The van der Waals surface area contributed by atoms with Gasteiger partial charge in [0.25, 0.3) is 0 Å². The van der Waals surface area contributed by atoms with Crippen molar-refractivity contribution >= 4 is 23.1 Å². The maximum absolute atomic E-state index is 10.8. The van der Waals surface area contributed by atoms with Gasteiger partial charge >= 0.3 is 5.69 Å². The Morgan fingerprint density at radius 2 is 2.22 bits per heavy atom. The molecule has 18 heavy (non-hydrogen) atoms. The van der Waals surface area contributed by atoms with Gasteiger partial charge in [-0.15, -0.1) is 0 Å². The van der Waals surface area contributed by atoms with Crippen molar-refractivity contribution in [2.24, 2.45) is 0 Å². The molecule has 1 rings (SSSR count). The van der Waals surface area contributed by atoms with E-state index in [2.05, 4.69) is 11.6 Å². The highest BCUT2D eigenvalue weighted by Crippen LogP contribution is 2.29. The third-order valence-electron chi connectivity index (χ3n) is 2.48. The van der Waals surface area contributed by atoms with Crippen molar-refractivity contribution in [3.8, 4) is 5.75 Å². The zero-order valence-electron chi connectivity index (χ0n) is 10.6. The number of hydrogen-bond donors (Lipinski definition) is 1. The van der Waals surface area contributed by atoms with Gasteiger partial charge in [0.15, 0.2) is 5.75 Å². The van der Waals surface area contributed by atoms with E-state index in [0.717, 1.165) is 30.8 Å². The summed E-state index contributed by atoms with van der Waals surface area (Å²) in [5, 5.41) is 14.0.